The van der Waals surface area contributed by atoms with Gasteiger partial charge in [0.1, 0.15) is 0 Å². The highest BCUT2D eigenvalue weighted by molar-refractivity contribution is 6.06. The zero-order chi connectivity index (χ0) is 22.0. The van der Waals surface area contributed by atoms with Crippen LogP contribution in [-0.2, 0) is 22.4 Å². The van der Waals surface area contributed by atoms with Gasteiger partial charge in [-0.2, -0.15) is 0 Å². The Hall–Kier alpha value is -3.21. The van der Waals surface area contributed by atoms with Crippen LogP contribution in [0.5, 0.6) is 0 Å². The predicted molar refractivity (Wildman–Crippen MR) is 122 cm³/mol. The summed E-state index contributed by atoms with van der Waals surface area (Å²) in [6.45, 7) is 6.39. The largest absolute Gasteiger partial charge is 0.452 e. The highest BCUT2D eigenvalue weighted by Crippen LogP contribution is 2.39. The van der Waals surface area contributed by atoms with E-state index in [9.17, 15) is 9.59 Å². The third kappa shape index (κ3) is 4.61. The number of esters is 1. The molecule has 1 aromatic heterocycles. The summed E-state index contributed by atoms with van der Waals surface area (Å²) in [5.41, 5.74) is 4.10. The van der Waals surface area contributed by atoms with Crippen molar-refractivity contribution < 1.29 is 14.3 Å². The first-order chi connectivity index (χ1) is 14.8. The third-order valence-electron chi connectivity index (χ3n) is 6.08. The summed E-state index contributed by atoms with van der Waals surface area (Å²) in [5, 5.41) is 3.53. The molecule has 5 heteroatoms. The van der Waals surface area contributed by atoms with Crippen LogP contribution < -0.4 is 5.32 Å². The molecule has 0 bridgehead atoms. The predicted octanol–water partition coefficient (Wildman–Crippen LogP) is 5.18. The quantitative estimate of drug-likeness (QED) is 0.595. The number of carbonyl (C=O) groups is 2. The number of ether oxygens (including phenoxy) is 1. The lowest BCUT2D eigenvalue weighted by molar-refractivity contribution is -0.119. The number of fused-ring (bicyclic) bond motifs is 2. The summed E-state index contributed by atoms with van der Waals surface area (Å²) in [4.78, 5) is 30.3. The molecule has 3 aromatic rings. The molecule has 1 aliphatic carbocycles. The van der Waals surface area contributed by atoms with Crippen LogP contribution >= 0.6 is 0 Å². The fraction of sp³-hybridized carbons (Fsp3) is 0.346. The Kier molecular flexibility index (Phi) is 5.77. The topological polar surface area (TPSA) is 68.3 Å². The summed E-state index contributed by atoms with van der Waals surface area (Å²) < 4.78 is 5.48. The molecule has 1 atom stereocenters. The molecule has 4 rings (SSSR count). The van der Waals surface area contributed by atoms with Gasteiger partial charge in [-0.05, 0) is 54.4 Å². The average Bonchev–Trinajstić information content (AvgIpc) is 2.75. The molecule has 2 aromatic carbocycles. The molecule has 0 saturated heterocycles. The summed E-state index contributed by atoms with van der Waals surface area (Å²) >= 11 is 0. The van der Waals surface area contributed by atoms with Gasteiger partial charge in [-0.3, -0.25) is 9.78 Å². The van der Waals surface area contributed by atoms with Crippen LogP contribution in [0.1, 0.15) is 48.8 Å². The van der Waals surface area contributed by atoms with Crippen molar-refractivity contribution in [2.45, 2.75) is 40.0 Å². The molecule has 160 valence electrons. The molecule has 5 nitrogen and oxygen atoms in total. The van der Waals surface area contributed by atoms with Gasteiger partial charge >= 0.3 is 5.97 Å². The number of amides is 1. The van der Waals surface area contributed by atoms with E-state index in [-0.39, 0.29) is 17.9 Å². The van der Waals surface area contributed by atoms with Gasteiger partial charge in [0.2, 0.25) is 0 Å². The number of hydrogen-bond donors (Lipinski definition) is 1. The Balaban J connectivity index is 1.61. The van der Waals surface area contributed by atoms with Crippen molar-refractivity contribution in [1.29, 1.82) is 0 Å². The lowest BCUT2D eigenvalue weighted by Gasteiger charge is -2.35. The number of carbonyl (C=O) groups excluding carboxylic acids is 2. The lowest BCUT2D eigenvalue weighted by atomic mass is 9.70. The fourth-order valence-corrected chi connectivity index (χ4v) is 4.28. The minimum Gasteiger partial charge on any atom is -0.452 e. The van der Waals surface area contributed by atoms with Crippen LogP contribution in [0.25, 0.3) is 10.9 Å². The summed E-state index contributed by atoms with van der Waals surface area (Å²) in [6, 6.07) is 16.8. The SMILES string of the molecule is CC(C)(C)C1CCc2nc3ccccc3c(C(=O)OCC(=O)Nc3ccccc3)c2C1. The number of aromatic nitrogens is 1. The first kappa shape index (κ1) is 21.0. The standard InChI is InChI=1S/C26H28N2O3/c1-26(2,3)17-13-14-22-20(15-17)24(19-11-7-8-12-21(19)28-22)25(30)31-16-23(29)27-18-9-5-4-6-10-18/h4-12,17H,13-16H2,1-3H3,(H,27,29). The van der Waals surface area contributed by atoms with Crippen LogP contribution in [0, 0.1) is 11.3 Å². The summed E-state index contributed by atoms with van der Waals surface area (Å²) in [7, 11) is 0. The fourth-order valence-electron chi connectivity index (χ4n) is 4.28. The van der Waals surface area contributed by atoms with E-state index in [4.69, 9.17) is 9.72 Å². The van der Waals surface area contributed by atoms with E-state index in [0.717, 1.165) is 41.4 Å². The molecule has 0 radical (unpaired) electrons. The molecule has 1 heterocycles. The minimum atomic E-state index is -0.465. The Bertz CT molecular complexity index is 1120. The first-order valence-electron chi connectivity index (χ1n) is 10.8. The highest BCUT2D eigenvalue weighted by atomic mass is 16.5. The van der Waals surface area contributed by atoms with Gasteiger partial charge < -0.3 is 10.1 Å². The van der Waals surface area contributed by atoms with E-state index in [1.807, 2.05) is 42.5 Å². The van der Waals surface area contributed by atoms with Crippen LogP contribution in [0.2, 0.25) is 0 Å². The molecule has 1 unspecified atom stereocenters. The molecular formula is C26H28N2O3. The van der Waals surface area contributed by atoms with Crippen molar-refractivity contribution >= 4 is 28.5 Å². The van der Waals surface area contributed by atoms with Gasteiger partial charge in [-0.25, -0.2) is 4.79 Å². The van der Waals surface area contributed by atoms with Gasteiger partial charge in [0.15, 0.2) is 6.61 Å². The Morgan fingerprint density at radius 3 is 2.52 bits per heavy atom. The number of nitrogens with one attached hydrogen (secondary N) is 1. The molecule has 31 heavy (non-hydrogen) atoms. The molecule has 0 saturated carbocycles. The van der Waals surface area contributed by atoms with E-state index in [1.165, 1.54) is 0 Å². The van der Waals surface area contributed by atoms with Crippen molar-refractivity contribution in [1.82, 2.24) is 4.98 Å². The number of benzene rings is 2. The van der Waals surface area contributed by atoms with Crippen LogP contribution in [-0.4, -0.2) is 23.5 Å². The third-order valence-corrected chi connectivity index (χ3v) is 6.08. The van der Waals surface area contributed by atoms with Crippen molar-refractivity contribution in [3.05, 3.63) is 71.4 Å². The maximum atomic E-state index is 13.2. The number of hydrogen-bond acceptors (Lipinski definition) is 4. The summed E-state index contributed by atoms with van der Waals surface area (Å²) in [5.74, 6) is -0.372. The highest BCUT2D eigenvalue weighted by Gasteiger charge is 2.33. The van der Waals surface area contributed by atoms with E-state index >= 15 is 0 Å². The molecule has 0 aliphatic heterocycles. The van der Waals surface area contributed by atoms with E-state index < -0.39 is 5.97 Å². The van der Waals surface area contributed by atoms with Gasteiger partial charge in [0, 0.05) is 16.8 Å². The molecule has 1 amide bonds. The van der Waals surface area contributed by atoms with Crippen LogP contribution in [0.3, 0.4) is 0 Å². The molecule has 1 aliphatic rings. The molecule has 1 N–H and O–H groups in total. The second-order valence-corrected chi connectivity index (χ2v) is 9.23. The number of rotatable bonds is 4. The molecular weight excluding hydrogens is 388 g/mol. The van der Waals surface area contributed by atoms with E-state index in [2.05, 4.69) is 26.1 Å². The van der Waals surface area contributed by atoms with E-state index in [1.54, 1.807) is 12.1 Å². The number of para-hydroxylation sites is 2. The lowest BCUT2D eigenvalue weighted by Crippen LogP contribution is -2.29. The maximum Gasteiger partial charge on any atom is 0.339 e. The molecule has 0 fully saturated rings. The van der Waals surface area contributed by atoms with E-state index in [0.29, 0.717) is 17.2 Å². The van der Waals surface area contributed by atoms with Crippen LogP contribution in [0.4, 0.5) is 5.69 Å². The Morgan fingerprint density at radius 2 is 1.77 bits per heavy atom. The van der Waals surface area contributed by atoms with Crippen molar-refractivity contribution in [2.75, 3.05) is 11.9 Å². The Morgan fingerprint density at radius 1 is 1.06 bits per heavy atom. The average molecular weight is 417 g/mol. The Labute approximate surface area is 182 Å². The van der Waals surface area contributed by atoms with Crippen LogP contribution in [0.15, 0.2) is 54.6 Å². The van der Waals surface area contributed by atoms with Gasteiger partial charge in [-0.15, -0.1) is 0 Å². The number of aryl methyl sites for hydroxylation is 1. The smallest absolute Gasteiger partial charge is 0.339 e. The second-order valence-electron chi connectivity index (χ2n) is 9.23. The summed E-state index contributed by atoms with van der Waals surface area (Å²) in [6.07, 6.45) is 2.68. The second kappa shape index (κ2) is 8.50. The van der Waals surface area contributed by atoms with Gasteiger partial charge in [0.25, 0.3) is 5.91 Å². The zero-order valence-corrected chi connectivity index (χ0v) is 18.3. The van der Waals surface area contributed by atoms with Crippen molar-refractivity contribution in [3.8, 4) is 0 Å². The van der Waals surface area contributed by atoms with Crippen molar-refractivity contribution in [2.24, 2.45) is 11.3 Å². The molecule has 0 spiro atoms. The van der Waals surface area contributed by atoms with Gasteiger partial charge in [-0.1, -0.05) is 57.2 Å². The number of pyridine rings is 1. The first-order valence-corrected chi connectivity index (χ1v) is 10.8. The number of nitrogens with zero attached hydrogens (tertiary/aromatic N) is 1. The van der Waals surface area contributed by atoms with Crippen molar-refractivity contribution in [3.63, 3.8) is 0 Å². The minimum absolute atomic E-state index is 0.139. The number of anilines is 1. The zero-order valence-electron chi connectivity index (χ0n) is 18.3. The monoisotopic (exact) mass is 416 g/mol. The van der Waals surface area contributed by atoms with Gasteiger partial charge in [0.05, 0.1) is 11.1 Å². The normalized spacial score (nSPS) is 15.9. The maximum absolute atomic E-state index is 13.2.